The SMILES string of the molecule is CCN(/N=C/Cc1ccccc1)c1cc(=O)n(C)c(=O)[nH]1. The van der Waals surface area contributed by atoms with Gasteiger partial charge in [-0.3, -0.25) is 14.3 Å². The largest absolute Gasteiger partial charge is 0.329 e. The van der Waals surface area contributed by atoms with Crippen molar-refractivity contribution in [3.05, 3.63) is 62.8 Å². The predicted molar refractivity (Wildman–Crippen MR) is 84.0 cm³/mol. The van der Waals surface area contributed by atoms with Gasteiger partial charge in [-0.1, -0.05) is 30.3 Å². The molecule has 2 rings (SSSR count). The monoisotopic (exact) mass is 286 g/mol. The van der Waals surface area contributed by atoms with E-state index in [1.54, 1.807) is 11.2 Å². The molecule has 0 fully saturated rings. The molecule has 110 valence electrons. The number of nitrogens with one attached hydrogen (secondary N) is 1. The third kappa shape index (κ3) is 3.68. The normalized spacial score (nSPS) is 11.0. The Morgan fingerprint density at radius 3 is 2.62 bits per heavy atom. The van der Waals surface area contributed by atoms with Crippen molar-refractivity contribution in [3.8, 4) is 0 Å². The summed E-state index contributed by atoms with van der Waals surface area (Å²) in [5, 5.41) is 5.90. The van der Waals surface area contributed by atoms with E-state index in [9.17, 15) is 9.59 Å². The van der Waals surface area contributed by atoms with Crippen LogP contribution in [0.15, 0.2) is 51.1 Å². The molecule has 1 heterocycles. The van der Waals surface area contributed by atoms with Crippen LogP contribution in [0.1, 0.15) is 12.5 Å². The van der Waals surface area contributed by atoms with Crippen molar-refractivity contribution in [2.75, 3.05) is 11.6 Å². The molecule has 1 N–H and O–H groups in total. The zero-order valence-electron chi connectivity index (χ0n) is 12.1. The Hall–Kier alpha value is -2.63. The third-order valence-corrected chi connectivity index (χ3v) is 3.10. The quantitative estimate of drug-likeness (QED) is 0.661. The van der Waals surface area contributed by atoms with Crippen LogP contribution in [0.4, 0.5) is 5.82 Å². The molecular formula is C15H18N4O2. The molecule has 6 heteroatoms. The van der Waals surface area contributed by atoms with Gasteiger partial charge in [0.1, 0.15) is 5.82 Å². The summed E-state index contributed by atoms with van der Waals surface area (Å²) in [7, 11) is 1.43. The smallest absolute Gasteiger partial charge is 0.292 e. The molecule has 21 heavy (non-hydrogen) atoms. The molecule has 0 atom stereocenters. The van der Waals surface area contributed by atoms with Gasteiger partial charge in [0.15, 0.2) is 0 Å². The van der Waals surface area contributed by atoms with E-state index in [4.69, 9.17) is 0 Å². The van der Waals surface area contributed by atoms with Crippen molar-refractivity contribution >= 4 is 12.0 Å². The molecule has 0 bridgehead atoms. The predicted octanol–water partition coefficient (Wildman–Crippen LogP) is 1.13. The molecule has 0 amide bonds. The summed E-state index contributed by atoms with van der Waals surface area (Å²) >= 11 is 0. The van der Waals surface area contributed by atoms with E-state index in [-0.39, 0.29) is 5.56 Å². The molecule has 0 radical (unpaired) electrons. The van der Waals surface area contributed by atoms with E-state index in [0.29, 0.717) is 18.8 Å². The molecule has 0 unspecified atom stereocenters. The average molecular weight is 286 g/mol. The molecule has 2 aromatic rings. The molecule has 1 aromatic heterocycles. The Balaban J connectivity index is 2.17. The highest BCUT2D eigenvalue weighted by molar-refractivity contribution is 5.63. The lowest BCUT2D eigenvalue weighted by Gasteiger charge is -2.16. The number of rotatable bonds is 5. The number of hydrogen-bond donors (Lipinski definition) is 1. The second kappa shape index (κ2) is 6.69. The first kappa shape index (κ1) is 14.8. The highest BCUT2D eigenvalue weighted by Gasteiger charge is 2.06. The van der Waals surface area contributed by atoms with E-state index in [1.807, 2.05) is 37.3 Å². The first-order chi connectivity index (χ1) is 10.1. The number of hydrazone groups is 1. The van der Waals surface area contributed by atoms with Gasteiger partial charge in [0.05, 0.1) is 0 Å². The van der Waals surface area contributed by atoms with Gasteiger partial charge in [0.2, 0.25) is 0 Å². The van der Waals surface area contributed by atoms with Crippen LogP contribution in [-0.2, 0) is 13.5 Å². The molecule has 0 saturated carbocycles. The fourth-order valence-electron chi connectivity index (χ4n) is 1.86. The number of benzene rings is 1. The summed E-state index contributed by atoms with van der Waals surface area (Å²) in [6, 6.07) is 11.3. The molecule has 1 aromatic carbocycles. The number of anilines is 1. The zero-order chi connectivity index (χ0) is 15.2. The van der Waals surface area contributed by atoms with Crippen molar-refractivity contribution in [1.29, 1.82) is 0 Å². The molecule has 0 aliphatic heterocycles. The lowest BCUT2D eigenvalue weighted by molar-refractivity contribution is 0.756. The van der Waals surface area contributed by atoms with Crippen LogP contribution < -0.4 is 16.3 Å². The van der Waals surface area contributed by atoms with Crippen LogP contribution in [0, 0.1) is 0 Å². The first-order valence-electron chi connectivity index (χ1n) is 6.76. The highest BCUT2D eigenvalue weighted by atomic mass is 16.2. The summed E-state index contributed by atoms with van der Waals surface area (Å²) in [6.07, 6.45) is 2.45. The van der Waals surface area contributed by atoms with Gasteiger partial charge in [-0.05, 0) is 12.5 Å². The molecule has 0 aliphatic carbocycles. The van der Waals surface area contributed by atoms with Crippen LogP contribution in [-0.4, -0.2) is 22.3 Å². The average Bonchev–Trinajstić information content (AvgIpc) is 2.50. The maximum Gasteiger partial charge on any atom is 0.329 e. The molecule has 6 nitrogen and oxygen atoms in total. The maximum atomic E-state index is 11.6. The summed E-state index contributed by atoms with van der Waals surface area (Å²) in [6.45, 7) is 2.45. The fourth-order valence-corrected chi connectivity index (χ4v) is 1.86. The van der Waals surface area contributed by atoms with Crippen molar-refractivity contribution in [1.82, 2.24) is 9.55 Å². The second-order valence-corrected chi connectivity index (χ2v) is 4.56. The third-order valence-electron chi connectivity index (χ3n) is 3.10. The Morgan fingerprint density at radius 1 is 1.29 bits per heavy atom. The number of nitrogens with zero attached hydrogens (tertiary/aromatic N) is 3. The van der Waals surface area contributed by atoms with Crippen molar-refractivity contribution in [2.24, 2.45) is 12.1 Å². The van der Waals surface area contributed by atoms with E-state index in [1.165, 1.54) is 13.1 Å². The molecule has 0 aliphatic rings. The van der Waals surface area contributed by atoms with Crippen LogP contribution in [0.3, 0.4) is 0 Å². The van der Waals surface area contributed by atoms with Gasteiger partial charge < -0.3 is 0 Å². The second-order valence-electron chi connectivity index (χ2n) is 4.56. The van der Waals surface area contributed by atoms with Crippen molar-refractivity contribution in [2.45, 2.75) is 13.3 Å². The highest BCUT2D eigenvalue weighted by Crippen LogP contribution is 2.05. The van der Waals surface area contributed by atoms with Gasteiger partial charge in [-0.15, -0.1) is 0 Å². The lowest BCUT2D eigenvalue weighted by Crippen LogP contribution is -2.34. The summed E-state index contributed by atoms with van der Waals surface area (Å²) in [4.78, 5) is 25.9. The van der Waals surface area contributed by atoms with Crippen LogP contribution in [0.25, 0.3) is 0 Å². The van der Waals surface area contributed by atoms with E-state index < -0.39 is 5.69 Å². The lowest BCUT2D eigenvalue weighted by atomic mass is 10.2. The molecule has 0 spiro atoms. The van der Waals surface area contributed by atoms with Crippen LogP contribution in [0.5, 0.6) is 0 Å². The zero-order valence-corrected chi connectivity index (χ0v) is 12.1. The number of hydrogen-bond acceptors (Lipinski definition) is 4. The maximum absolute atomic E-state index is 11.6. The van der Waals surface area contributed by atoms with E-state index >= 15 is 0 Å². The summed E-state index contributed by atoms with van der Waals surface area (Å²) < 4.78 is 1.02. The number of aromatic nitrogens is 2. The van der Waals surface area contributed by atoms with E-state index in [2.05, 4.69) is 10.1 Å². The van der Waals surface area contributed by atoms with Crippen molar-refractivity contribution in [3.63, 3.8) is 0 Å². The minimum absolute atomic E-state index is 0.356. The van der Waals surface area contributed by atoms with Gasteiger partial charge >= 0.3 is 5.69 Å². The van der Waals surface area contributed by atoms with Gasteiger partial charge in [-0.2, -0.15) is 5.10 Å². The Bertz CT molecular complexity index is 700. The Kier molecular flexibility index (Phi) is 4.71. The Labute approximate surface area is 122 Å². The van der Waals surface area contributed by atoms with Gasteiger partial charge in [0, 0.05) is 32.3 Å². The number of H-pyrrole nitrogens is 1. The first-order valence-corrected chi connectivity index (χ1v) is 6.76. The standard InChI is InChI=1S/C15H18N4O2/c1-3-19(13-11-14(20)18(2)15(21)17-13)16-10-9-12-7-5-4-6-8-12/h4-8,10-11H,3,9H2,1-2H3,(H,17,21)/b16-10+. The Morgan fingerprint density at radius 2 is 2.00 bits per heavy atom. The molecule has 0 saturated heterocycles. The van der Waals surface area contributed by atoms with E-state index in [0.717, 1.165) is 10.1 Å². The van der Waals surface area contributed by atoms with Gasteiger partial charge in [0.25, 0.3) is 5.56 Å². The van der Waals surface area contributed by atoms with Crippen LogP contribution in [0.2, 0.25) is 0 Å². The number of aromatic amines is 1. The minimum Gasteiger partial charge on any atom is -0.292 e. The summed E-state index contributed by atoms with van der Waals surface area (Å²) in [5.41, 5.74) is 0.342. The van der Waals surface area contributed by atoms with Crippen LogP contribution >= 0.6 is 0 Å². The van der Waals surface area contributed by atoms with Crippen molar-refractivity contribution < 1.29 is 0 Å². The summed E-state index contributed by atoms with van der Waals surface area (Å²) in [5.74, 6) is 0.398. The molecular weight excluding hydrogens is 268 g/mol. The minimum atomic E-state index is -0.450. The topological polar surface area (TPSA) is 70.5 Å². The fraction of sp³-hybridized carbons (Fsp3) is 0.267. The van der Waals surface area contributed by atoms with Gasteiger partial charge in [-0.25, -0.2) is 9.80 Å².